The molecule has 0 N–H and O–H groups in total. The molecule has 0 spiro atoms. The van der Waals surface area contributed by atoms with Gasteiger partial charge in [0, 0.05) is 5.02 Å². The van der Waals surface area contributed by atoms with Gasteiger partial charge in [-0.05, 0) is 36.1 Å². The van der Waals surface area contributed by atoms with Crippen LogP contribution in [0.2, 0.25) is 5.02 Å². The summed E-state index contributed by atoms with van der Waals surface area (Å²) in [4.78, 5) is 0. The first-order chi connectivity index (χ1) is 7.70. The van der Waals surface area contributed by atoms with Gasteiger partial charge in [0.05, 0.1) is 6.51 Å². The van der Waals surface area contributed by atoms with E-state index < -0.39 is 13.5 Å². The van der Waals surface area contributed by atoms with Gasteiger partial charge < -0.3 is 17.7 Å². The van der Waals surface area contributed by atoms with Gasteiger partial charge in [0.25, 0.3) is 0 Å². The molecule has 1 nitrogen and oxygen atoms in total. The highest BCUT2D eigenvalue weighted by atomic mass is 35.5. The van der Waals surface area contributed by atoms with E-state index in [0.717, 1.165) is 5.56 Å². The number of halogens is 4. The minimum Gasteiger partial charge on any atom is -0.521 e. The molecule has 0 aliphatic rings. The summed E-state index contributed by atoms with van der Waals surface area (Å²) in [6, 6.07) is 3.22. The van der Waals surface area contributed by atoms with E-state index in [2.05, 4.69) is 0 Å². The molecule has 0 heterocycles. The van der Waals surface area contributed by atoms with Crippen LogP contribution in [0, 0.1) is 6.92 Å². The summed E-state index contributed by atoms with van der Waals surface area (Å²) in [5.41, 5.74) is 1.40. The van der Waals surface area contributed by atoms with Crippen molar-refractivity contribution in [3.63, 3.8) is 0 Å². The zero-order valence-corrected chi connectivity index (χ0v) is 10.7. The van der Waals surface area contributed by atoms with Crippen molar-refractivity contribution in [3.05, 3.63) is 28.3 Å². The molecule has 96 valence electrons. The Morgan fingerprint density at radius 2 is 1.88 bits per heavy atom. The van der Waals surface area contributed by atoms with Crippen LogP contribution in [0.4, 0.5) is 12.9 Å². The van der Waals surface area contributed by atoms with Gasteiger partial charge in [-0.2, -0.15) is 0 Å². The minimum absolute atomic E-state index is 0.141. The van der Waals surface area contributed by atoms with Crippen LogP contribution in [-0.2, 0) is 0 Å². The Balaban J connectivity index is 2.96. The first kappa shape index (κ1) is 14.2. The summed E-state index contributed by atoms with van der Waals surface area (Å²) in [6.07, 6.45) is 0. The zero-order chi connectivity index (χ0) is 13.2. The molecular weight excluding hydrogens is 251 g/mol. The minimum atomic E-state index is -4.94. The second kappa shape index (κ2) is 5.21. The fourth-order valence-electron chi connectivity index (χ4n) is 1.45. The molecule has 6 heteroatoms. The van der Waals surface area contributed by atoms with Gasteiger partial charge in [0.15, 0.2) is 0 Å². The molecule has 17 heavy (non-hydrogen) atoms. The van der Waals surface area contributed by atoms with E-state index in [1.807, 2.05) is 13.8 Å². The lowest BCUT2D eigenvalue weighted by atomic mass is 9.94. The molecule has 0 aliphatic heterocycles. The Morgan fingerprint density at radius 3 is 2.35 bits per heavy atom. The zero-order valence-electron chi connectivity index (χ0n) is 9.94. The SMILES string of the molecule is Cc1cc(Cl)c(C(C)C)cc1OC[B-](F)(F)F. The van der Waals surface area contributed by atoms with Crippen molar-refractivity contribution in [2.24, 2.45) is 0 Å². The van der Waals surface area contributed by atoms with Crippen molar-refractivity contribution < 1.29 is 17.7 Å². The largest absolute Gasteiger partial charge is 0.521 e. The Kier molecular flexibility index (Phi) is 4.36. The fraction of sp³-hybridized carbons (Fsp3) is 0.455. The van der Waals surface area contributed by atoms with Gasteiger partial charge in [-0.3, -0.25) is 0 Å². The first-order valence-electron chi connectivity index (χ1n) is 5.34. The average molecular weight is 265 g/mol. The summed E-state index contributed by atoms with van der Waals surface area (Å²) in [5, 5.41) is 0.558. The lowest BCUT2D eigenvalue weighted by molar-refractivity contribution is 0.311. The third-order valence-electron chi connectivity index (χ3n) is 2.34. The molecule has 0 saturated carbocycles. The lowest BCUT2D eigenvalue weighted by Crippen LogP contribution is -2.26. The molecule has 1 aromatic rings. The Bertz CT molecular complexity index is 404. The van der Waals surface area contributed by atoms with Crippen molar-refractivity contribution in [1.82, 2.24) is 0 Å². The van der Waals surface area contributed by atoms with Crippen LogP contribution in [-0.4, -0.2) is 13.5 Å². The summed E-state index contributed by atoms with van der Waals surface area (Å²) < 4.78 is 41.2. The second-order valence-electron chi connectivity index (χ2n) is 4.32. The average Bonchev–Trinajstić information content (AvgIpc) is 2.14. The van der Waals surface area contributed by atoms with E-state index >= 15 is 0 Å². The third-order valence-corrected chi connectivity index (χ3v) is 2.67. The first-order valence-corrected chi connectivity index (χ1v) is 5.72. The molecule has 0 bridgehead atoms. The van der Waals surface area contributed by atoms with E-state index in [-0.39, 0.29) is 11.7 Å². The molecule has 0 fully saturated rings. The van der Waals surface area contributed by atoms with Crippen LogP contribution in [0.1, 0.15) is 30.9 Å². The van der Waals surface area contributed by atoms with Gasteiger partial charge in [-0.25, -0.2) is 0 Å². The topological polar surface area (TPSA) is 9.23 Å². The number of benzene rings is 1. The van der Waals surface area contributed by atoms with Crippen molar-refractivity contribution in [2.45, 2.75) is 26.7 Å². The van der Waals surface area contributed by atoms with E-state index in [4.69, 9.17) is 16.3 Å². The monoisotopic (exact) mass is 265 g/mol. The Labute approximate surface area is 104 Å². The molecule has 0 aromatic heterocycles. The van der Waals surface area contributed by atoms with Gasteiger partial charge in [0.1, 0.15) is 5.75 Å². The maximum atomic E-state index is 12.1. The maximum absolute atomic E-state index is 12.1. The van der Waals surface area contributed by atoms with Crippen LogP contribution in [0.15, 0.2) is 12.1 Å². The smallest absolute Gasteiger partial charge is 0.515 e. The van der Waals surface area contributed by atoms with Crippen LogP contribution in [0.3, 0.4) is 0 Å². The predicted octanol–water partition coefficient (Wildman–Crippen LogP) is 4.54. The Hall–Kier alpha value is -0.835. The van der Waals surface area contributed by atoms with Crippen molar-refractivity contribution in [3.8, 4) is 5.75 Å². The number of hydrogen-bond donors (Lipinski definition) is 0. The van der Waals surface area contributed by atoms with E-state index in [0.29, 0.717) is 10.6 Å². The highest BCUT2D eigenvalue weighted by molar-refractivity contribution is 6.58. The van der Waals surface area contributed by atoms with Gasteiger partial charge in [-0.15, -0.1) is 0 Å². The molecule has 0 amide bonds. The molecule has 1 aromatic carbocycles. The number of hydrogen-bond acceptors (Lipinski definition) is 1. The predicted molar refractivity (Wildman–Crippen MR) is 64.9 cm³/mol. The van der Waals surface area contributed by atoms with Crippen LogP contribution < -0.4 is 4.74 Å². The van der Waals surface area contributed by atoms with Crippen LogP contribution >= 0.6 is 11.6 Å². The van der Waals surface area contributed by atoms with Crippen LogP contribution in [0.5, 0.6) is 5.75 Å². The van der Waals surface area contributed by atoms with Crippen molar-refractivity contribution >= 4 is 18.6 Å². The highest BCUT2D eigenvalue weighted by Gasteiger charge is 2.24. The number of rotatable bonds is 4. The Morgan fingerprint density at radius 1 is 1.29 bits per heavy atom. The van der Waals surface area contributed by atoms with Gasteiger partial charge >= 0.3 is 6.98 Å². The maximum Gasteiger partial charge on any atom is 0.515 e. The molecule has 0 atom stereocenters. The lowest BCUT2D eigenvalue weighted by Gasteiger charge is -2.18. The van der Waals surface area contributed by atoms with Gasteiger partial charge in [0.2, 0.25) is 0 Å². The summed E-state index contributed by atoms with van der Waals surface area (Å²) in [7, 11) is 0. The molecule has 1 rings (SSSR count). The molecule has 0 aliphatic carbocycles. The standard InChI is InChI=1S/C11H14BClF3O/c1-7(2)9-5-11(8(3)4-10(9)13)17-6-12(14,15)16/h4-5,7H,6H2,1-3H3/q-1. The summed E-state index contributed by atoms with van der Waals surface area (Å²) in [6.45, 7) is -0.633. The van der Waals surface area contributed by atoms with E-state index in [1.165, 1.54) is 0 Å². The summed E-state index contributed by atoms with van der Waals surface area (Å²) >= 11 is 6.01. The van der Waals surface area contributed by atoms with Crippen LogP contribution in [0.25, 0.3) is 0 Å². The highest BCUT2D eigenvalue weighted by Crippen LogP contribution is 2.31. The molecule has 0 radical (unpaired) electrons. The van der Waals surface area contributed by atoms with E-state index in [1.54, 1.807) is 19.1 Å². The van der Waals surface area contributed by atoms with E-state index in [9.17, 15) is 12.9 Å². The number of ether oxygens (including phenoxy) is 1. The molecule has 0 saturated heterocycles. The molecular formula is C11H14BClF3O-. The normalized spacial score (nSPS) is 12.0. The quantitative estimate of drug-likeness (QED) is 0.726. The van der Waals surface area contributed by atoms with Crippen molar-refractivity contribution in [1.29, 1.82) is 0 Å². The summed E-state index contributed by atoms with van der Waals surface area (Å²) in [5.74, 6) is 0.388. The van der Waals surface area contributed by atoms with Gasteiger partial charge in [-0.1, -0.05) is 25.4 Å². The molecule has 0 unspecified atom stereocenters. The second-order valence-corrected chi connectivity index (χ2v) is 4.72. The fourth-order valence-corrected chi connectivity index (χ4v) is 1.89. The number of aryl methyl sites for hydroxylation is 1. The third kappa shape index (κ3) is 4.15. The van der Waals surface area contributed by atoms with Crippen molar-refractivity contribution in [2.75, 3.05) is 6.51 Å².